The lowest BCUT2D eigenvalue weighted by atomic mass is 9.94. The predicted molar refractivity (Wildman–Crippen MR) is 65.3 cm³/mol. The lowest BCUT2D eigenvalue weighted by Crippen LogP contribution is -2.40. The van der Waals surface area contributed by atoms with Crippen molar-refractivity contribution in [1.29, 1.82) is 0 Å². The fraction of sp³-hybridized carbons (Fsp3) is 0.636. The molecule has 0 saturated carbocycles. The molecule has 4 rings (SSSR count). The van der Waals surface area contributed by atoms with Crippen LogP contribution >= 0.6 is 0 Å². The first-order valence-corrected chi connectivity index (χ1v) is 6.42. The molecule has 0 unspecified atom stereocenters. The molecule has 2 aromatic heterocycles. The van der Waals surface area contributed by atoms with Gasteiger partial charge in [-0.1, -0.05) is 0 Å². The number of fused-ring (bicyclic) bond motifs is 2. The zero-order valence-electron chi connectivity index (χ0n) is 10.0. The third kappa shape index (κ3) is 1.47. The molecule has 0 bridgehead atoms. The number of nitrogens with zero attached hydrogens (tertiary/aromatic N) is 6. The van der Waals surface area contributed by atoms with Gasteiger partial charge in [-0.25, -0.2) is 0 Å². The van der Waals surface area contributed by atoms with Crippen molar-refractivity contribution < 1.29 is 0 Å². The Balaban J connectivity index is 1.69. The summed E-state index contributed by atoms with van der Waals surface area (Å²) >= 11 is 0. The summed E-state index contributed by atoms with van der Waals surface area (Å²) in [6, 6.07) is 0.602. The van der Waals surface area contributed by atoms with Crippen molar-refractivity contribution in [2.75, 3.05) is 24.5 Å². The summed E-state index contributed by atoms with van der Waals surface area (Å²) in [5.41, 5.74) is 0.704. The molecular formula is C11H15N7. The third-order valence-corrected chi connectivity index (χ3v) is 4.01. The molecule has 2 aromatic rings. The molecule has 0 amide bonds. The quantitative estimate of drug-likeness (QED) is 0.744. The zero-order valence-corrected chi connectivity index (χ0v) is 10.0. The van der Waals surface area contributed by atoms with Crippen molar-refractivity contribution in [2.45, 2.75) is 18.9 Å². The van der Waals surface area contributed by atoms with Crippen LogP contribution in [0.25, 0.3) is 5.65 Å². The van der Waals surface area contributed by atoms with E-state index in [0.717, 1.165) is 31.4 Å². The Bertz CT molecular complexity index is 551. The van der Waals surface area contributed by atoms with E-state index in [2.05, 4.69) is 30.7 Å². The fourth-order valence-corrected chi connectivity index (χ4v) is 3.11. The Morgan fingerprint density at radius 2 is 2.28 bits per heavy atom. The second-order valence-electron chi connectivity index (χ2n) is 5.08. The molecule has 7 heteroatoms. The van der Waals surface area contributed by atoms with Crippen molar-refractivity contribution >= 4 is 11.5 Å². The van der Waals surface area contributed by atoms with Crippen LogP contribution in [0, 0.1) is 5.92 Å². The van der Waals surface area contributed by atoms with Crippen LogP contribution in [-0.4, -0.2) is 50.7 Å². The van der Waals surface area contributed by atoms with Gasteiger partial charge >= 0.3 is 0 Å². The maximum atomic E-state index is 4.22. The summed E-state index contributed by atoms with van der Waals surface area (Å²) in [4.78, 5) is 6.56. The van der Waals surface area contributed by atoms with Gasteiger partial charge in [0.05, 0.1) is 12.4 Å². The van der Waals surface area contributed by atoms with Crippen LogP contribution in [0.1, 0.15) is 12.8 Å². The van der Waals surface area contributed by atoms with E-state index >= 15 is 0 Å². The Morgan fingerprint density at radius 3 is 3.22 bits per heavy atom. The Kier molecular flexibility index (Phi) is 2.19. The van der Waals surface area contributed by atoms with E-state index in [1.54, 1.807) is 10.7 Å². The number of aromatic nitrogens is 5. The molecule has 94 valence electrons. The van der Waals surface area contributed by atoms with Crippen molar-refractivity contribution in [3.05, 3.63) is 12.4 Å². The van der Waals surface area contributed by atoms with Crippen molar-refractivity contribution in [2.24, 2.45) is 5.92 Å². The van der Waals surface area contributed by atoms with Crippen LogP contribution in [0.4, 0.5) is 5.82 Å². The van der Waals surface area contributed by atoms with Gasteiger partial charge in [0.15, 0.2) is 11.5 Å². The molecule has 0 radical (unpaired) electrons. The number of tetrazole rings is 1. The van der Waals surface area contributed by atoms with E-state index in [4.69, 9.17) is 0 Å². The van der Waals surface area contributed by atoms with Crippen LogP contribution < -0.4 is 10.2 Å². The highest BCUT2D eigenvalue weighted by Gasteiger charge is 2.35. The number of hydrogen-bond donors (Lipinski definition) is 1. The average molecular weight is 245 g/mol. The summed E-state index contributed by atoms with van der Waals surface area (Å²) in [5, 5.41) is 15.3. The number of piperidine rings is 1. The number of rotatable bonds is 1. The molecule has 2 fully saturated rings. The normalized spacial score (nSPS) is 27.7. The zero-order chi connectivity index (χ0) is 11.9. The van der Waals surface area contributed by atoms with E-state index < -0.39 is 0 Å². The highest BCUT2D eigenvalue weighted by atomic mass is 15.5. The molecule has 2 atom stereocenters. The van der Waals surface area contributed by atoms with Gasteiger partial charge in [-0.05, 0) is 35.7 Å². The van der Waals surface area contributed by atoms with Crippen LogP contribution in [0.2, 0.25) is 0 Å². The summed E-state index contributed by atoms with van der Waals surface area (Å²) in [7, 11) is 0. The van der Waals surface area contributed by atoms with Gasteiger partial charge in [0.1, 0.15) is 0 Å². The predicted octanol–water partition coefficient (Wildman–Crippen LogP) is -0.293. The number of anilines is 1. The van der Waals surface area contributed by atoms with Crippen LogP contribution in [0.5, 0.6) is 0 Å². The van der Waals surface area contributed by atoms with Crippen LogP contribution in [0.15, 0.2) is 12.4 Å². The first-order valence-electron chi connectivity index (χ1n) is 6.42. The molecule has 2 saturated heterocycles. The second kappa shape index (κ2) is 3.88. The Hall–Kier alpha value is -1.76. The topological polar surface area (TPSA) is 71.2 Å². The van der Waals surface area contributed by atoms with E-state index in [1.807, 2.05) is 6.20 Å². The highest BCUT2D eigenvalue weighted by Crippen LogP contribution is 2.28. The minimum atomic E-state index is 0.602. The summed E-state index contributed by atoms with van der Waals surface area (Å²) < 4.78 is 1.77. The van der Waals surface area contributed by atoms with Gasteiger partial charge < -0.3 is 10.2 Å². The number of nitrogens with one attached hydrogen (secondary N) is 1. The van der Waals surface area contributed by atoms with Gasteiger partial charge in [0.25, 0.3) is 0 Å². The molecular weight excluding hydrogens is 230 g/mol. The molecule has 7 nitrogen and oxygen atoms in total. The van der Waals surface area contributed by atoms with Crippen LogP contribution in [0.3, 0.4) is 0 Å². The molecule has 18 heavy (non-hydrogen) atoms. The minimum absolute atomic E-state index is 0.602. The number of hydrogen-bond acceptors (Lipinski definition) is 6. The minimum Gasteiger partial charge on any atom is -0.353 e. The molecule has 2 aliphatic rings. The monoisotopic (exact) mass is 245 g/mol. The molecule has 4 heterocycles. The first-order chi connectivity index (χ1) is 8.92. The fourth-order valence-electron chi connectivity index (χ4n) is 3.11. The third-order valence-electron chi connectivity index (χ3n) is 4.01. The Morgan fingerprint density at radius 1 is 1.28 bits per heavy atom. The smallest absolute Gasteiger partial charge is 0.199 e. The van der Waals surface area contributed by atoms with Crippen molar-refractivity contribution in [3.8, 4) is 0 Å². The lowest BCUT2D eigenvalue weighted by molar-refractivity contribution is 0.340. The summed E-state index contributed by atoms with van der Waals surface area (Å²) in [6.45, 7) is 3.23. The van der Waals surface area contributed by atoms with Crippen LogP contribution in [-0.2, 0) is 0 Å². The van der Waals surface area contributed by atoms with Gasteiger partial charge in [-0.2, -0.15) is 4.52 Å². The highest BCUT2D eigenvalue weighted by molar-refractivity contribution is 5.47. The lowest BCUT2D eigenvalue weighted by Gasteiger charge is -2.24. The SMILES string of the molecule is c1ncc2nnnn2c1N1C[C@@H]2CCCN[C@@H]2C1. The van der Waals surface area contributed by atoms with Crippen molar-refractivity contribution in [1.82, 2.24) is 30.3 Å². The summed E-state index contributed by atoms with van der Waals surface area (Å²) in [5.74, 6) is 1.74. The Labute approximate surface area is 104 Å². The maximum absolute atomic E-state index is 4.22. The van der Waals surface area contributed by atoms with Gasteiger partial charge in [0.2, 0.25) is 0 Å². The van der Waals surface area contributed by atoms with E-state index in [-0.39, 0.29) is 0 Å². The molecule has 2 aliphatic heterocycles. The molecule has 0 aromatic carbocycles. The second-order valence-corrected chi connectivity index (χ2v) is 5.08. The first kappa shape index (κ1) is 10.2. The van der Waals surface area contributed by atoms with E-state index in [1.165, 1.54) is 12.8 Å². The van der Waals surface area contributed by atoms with Crippen molar-refractivity contribution in [3.63, 3.8) is 0 Å². The van der Waals surface area contributed by atoms with Gasteiger partial charge in [-0.15, -0.1) is 5.10 Å². The van der Waals surface area contributed by atoms with E-state index in [9.17, 15) is 0 Å². The van der Waals surface area contributed by atoms with Gasteiger partial charge in [-0.3, -0.25) is 4.98 Å². The molecule has 0 aliphatic carbocycles. The standard InChI is InChI=1S/C11H15N7/c1-2-8-6-17(7-9(8)13-3-1)11-5-12-4-10-14-15-16-18(10)11/h4-5,8-9,13H,1-3,6-7H2/t8-,9+/m0/s1. The largest absolute Gasteiger partial charge is 0.353 e. The average Bonchev–Trinajstić information content (AvgIpc) is 3.04. The maximum Gasteiger partial charge on any atom is 0.199 e. The van der Waals surface area contributed by atoms with Gasteiger partial charge in [0, 0.05) is 19.1 Å². The molecule has 1 N–H and O–H groups in total. The summed E-state index contributed by atoms with van der Waals surface area (Å²) in [6.07, 6.45) is 6.13. The van der Waals surface area contributed by atoms with E-state index in [0.29, 0.717) is 11.7 Å². The molecule has 0 spiro atoms.